The molecule has 3 N–H and O–H groups in total. The summed E-state index contributed by atoms with van der Waals surface area (Å²) in [5.41, 5.74) is 8.11. The van der Waals surface area contributed by atoms with Crippen LogP contribution in [0, 0.1) is 6.92 Å². The molecule has 5 heteroatoms. The number of hydrogen-bond acceptors (Lipinski definition) is 4. The fourth-order valence-corrected chi connectivity index (χ4v) is 2.59. The number of carbonyl (C=O) groups is 1. The topological polar surface area (TPSA) is 69.8 Å². The molecule has 1 fully saturated rings. The van der Waals surface area contributed by atoms with Gasteiger partial charge in [0.05, 0.1) is 0 Å². The molecule has 1 atom stereocenters. The lowest BCUT2D eigenvalue weighted by Gasteiger charge is -2.37. The average molecular weight is 277 g/mol. The number of nitrogens with two attached hydrogens (primary N) is 1. The molecule has 0 aromatic heterocycles. The Morgan fingerprint density at radius 3 is 2.35 bits per heavy atom. The van der Waals surface area contributed by atoms with Gasteiger partial charge in [-0.3, -0.25) is 14.6 Å². The van der Waals surface area contributed by atoms with Crippen LogP contribution >= 0.6 is 0 Å². The zero-order valence-electron chi connectivity index (χ0n) is 12.0. The summed E-state index contributed by atoms with van der Waals surface area (Å²) in [5, 5.41) is 9.12. The Bertz CT molecular complexity index is 439. The van der Waals surface area contributed by atoms with Gasteiger partial charge in [-0.15, -0.1) is 0 Å². The molecule has 0 radical (unpaired) electrons. The predicted octanol–water partition coefficient (Wildman–Crippen LogP) is 0.525. The first kappa shape index (κ1) is 15.0. The molecule has 2 rings (SSSR count). The standard InChI is InChI=1S/C15H23N3O2/c1-12-2-4-13(5-3-12)11-17-6-8-18(9-7-17)14(10-16)15(19)20/h2-5,14H,6-11,16H2,1H3,(H,19,20)/t14-/m0/s1. The normalized spacial score (nSPS) is 18.9. The minimum absolute atomic E-state index is 0.174. The lowest BCUT2D eigenvalue weighted by atomic mass is 10.1. The lowest BCUT2D eigenvalue weighted by Crippen LogP contribution is -2.54. The Labute approximate surface area is 120 Å². The van der Waals surface area contributed by atoms with E-state index in [4.69, 9.17) is 10.8 Å². The van der Waals surface area contributed by atoms with Crippen LogP contribution in [0.25, 0.3) is 0 Å². The van der Waals surface area contributed by atoms with Gasteiger partial charge in [0.15, 0.2) is 0 Å². The smallest absolute Gasteiger partial charge is 0.322 e. The molecule has 20 heavy (non-hydrogen) atoms. The molecule has 5 nitrogen and oxygen atoms in total. The summed E-state index contributed by atoms with van der Waals surface area (Å²) in [6.07, 6.45) is 0. The predicted molar refractivity (Wildman–Crippen MR) is 78.5 cm³/mol. The van der Waals surface area contributed by atoms with E-state index in [0.29, 0.717) is 0 Å². The van der Waals surface area contributed by atoms with Crippen molar-refractivity contribution in [3.63, 3.8) is 0 Å². The van der Waals surface area contributed by atoms with Gasteiger partial charge in [-0.2, -0.15) is 0 Å². The number of benzene rings is 1. The maximum atomic E-state index is 11.1. The van der Waals surface area contributed by atoms with E-state index >= 15 is 0 Å². The molecule has 0 spiro atoms. The second-order valence-corrected chi connectivity index (χ2v) is 5.39. The number of piperazine rings is 1. The Hall–Kier alpha value is -1.43. The van der Waals surface area contributed by atoms with E-state index in [2.05, 4.69) is 36.1 Å². The van der Waals surface area contributed by atoms with E-state index in [1.54, 1.807) is 0 Å². The van der Waals surface area contributed by atoms with E-state index in [-0.39, 0.29) is 6.54 Å². The fraction of sp³-hybridized carbons (Fsp3) is 0.533. The SMILES string of the molecule is Cc1ccc(CN2CCN([C@@H](CN)C(=O)O)CC2)cc1. The molecule has 0 bridgehead atoms. The van der Waals surface area contributed by atoms with Gasteiger partial charge in [-0.1, -0.05) is 29.8 Å². The molecule has 0 unspecified atom stereocenters. The van der Waals surface area contributed by atoms with Crippen LogP contribution in [0.1, 0.15) is 11.1 Å². The first-order chi connectivity index (χ1) is 9.60. The molecule has 1 aliphatic rings. The molecule has 1 aromatic rings. The summed E-state index contributed by atoms with van der Waals surface area (Å²) in [6, 6.07) is 8.01. The molecular formula is C15H23N3O2. The highest BCUT2D eigenvalue weighted by atomic mass is 16.4. The molecule has 0 saturated carbocycles. The number of carboxylic acid groups (broad SMARTS) is 1. The Morgan fingerprint density at radius 1 is 1.25 bits per heavy atom. The third kappa shape index (κ3) is 3.79. The van der Waals surface area contributed by atoms with Crippen LogP contribution < -0.4 is 5.73 Å². The fourth-order valence-electron chi connectivity index (χ4n) is 2.59. The summed E-state index contributed by atoms with van der Waals surface area (Å²) < 4.78 is 0. The van der Waals surface area contributed by atoms with Crippen molar-refractivity contribution in [1.82, 2.24) is 9.80 Å². The first-order valence-electron chi connectivity index (χ1n) is 7.05. The number of aliphatic carboxylic acids is 1. The third-order valence-electron chi connectivity index (χ3n) is 3.88. The minimum Gasteiger partial charge on any atom is -0.480 e. The van der Waals surface area contributed by atoms with Crippen LogP contribution in [0.5, 0.6) is 0 Å². The molecule has 110 valence electrons. The Kier molecular flexibility index (Phi) is 5.11. The van der Waals surface area contributed by atoms with E-state index in [9.17, 15) is 4.79 Å². The second kappa shape index (κ2) is 6.83. The number of aryl methyl sites for hydroxylation is 1. The van der Waals surface area contributed by atoms with Gasteiger partial charge in [0.2, 0.25) is 0 Å². The highest BCUT2D eigenvalue weighted by Gasteiger charge is 2.27. The average Bonchev–Trinajstić information content (AvgIpc) is 2.44. The van der Waals surface area contributed by atoms with E-state index in [1.807, 2.05) is 4.90 Å². The number of nitrogens with zero attached hydrogens (tertiary/aromatic N) is 2. The maximum absolute atomic E-state index is 11.1. The summed E-state index contributed by atoms with van der Waals surface area (Å²) in [5.74, 6) is -0.820. The highest BCUT2D eigenvalue weighted by molar-refractivity contribution is 5.73. The van der Waals surface area contributed by atoms with Crippen molar-refractivity contribution in [2.45, 2.75) is 19.5 Å². The summed E-state index contributed by atoms with van der Waals surface area (Å²) in [4.78, 5) is 15.4. The van der Waals surface area contributed by atoms with E-state index in [1.165, 1.54) is 11.1 Å². The van der Waals surface area contributed by atoms with Gasteiger partial charge in [-0.05, 0) is 12.5 Å². The number of carboxylic acids is 1. The van der Waals surface area contributed by atoms with Crippen molar-refractivity contribution in [2.24, 2.45) is 5.73 Å². The molecule has 0 amide bonds. The van der Waals surface area contributed by atoms with Gasteiger partial charge in [0.1, 0.15) is 6.04 Å². The van der Waals surface area contributed by atoms with Crippen molar-refractivity contribution >= 4 is 5.97 Å². The van der Waals surface area contributed by atoms with Gasteiger partial charge >= 0.3 is 5.97 Å². The lowest BCUT2D eigenvalue weighted by molar-refractivity contribution is -0.143. The maximum Gasteiger partial charge on any atom is 0.322 e. The summed E-state index contributed by atoms with van der Waals surface area (Å²) in [7, 11) is 0. The Morgan fingerprint density at radius 2 is 1.85 bits per heavy atom. The summed E-state index contributed by atoms with van der Waals surface area (Å²) >= 11 is 0. The van der Waals surface area contributed by atoms with Gasteiger partial charge in [-0.25, -0.2) is 0 Å². The largest absolute Gasteiger partial charge is 0.480 e. The first-order valence-corrected chi connectivity index (χ1v) is 7.05. The summed E-state index contributed by atoms with van der Waals surface area (Å²) in [6.45, 7) is 6.48. The number of hydrogen-bond donors (Lipinski definition) is 2. The molecule has 1 heterocycles. The van der Waals surface area contributed by atoms with Gasteiger partial charge in [0.25, 0.3) is 0 Å². The quantitative estimate of drug-likeness (QED) is 0.821. The zero-order chi connectivity index (χ0) is 14.5. The number of rotatable bonds is 5. The molecule has 0 aliphatic carbocycles. The molecule has 1 aromatic carbocycles. The molecule has 1 saturated heterocycles. The van der Waals surface area contributed by atoms with Crippen LogP contribution in [0.3, 0.4) is 0 Å². The van der Waals surface area contributed by atoms with E-state index < -0.39 is 12.0 Å². The second-order valence-electron chi connectivity index (χ2n) is 5.39. The Balaban J connectivity index is 1.85. The third-order valence-corrected chi connectivity index (χ3v) is 3.88. The van der Waals surface area contributed by atoms with Crippen molar-refractivity contribution in [3.8, 4) is 0 Å². The van der Waals surface area contributed by atoms with Gasteiger partial charge < -0.3 is 10.8 Å². The van der Waals surface area contributed by atoms with Crippen LogP contribution in [0.2, 0.25) is 0 Å². The minimum atomic E-state index is -0.820. The van der Waals surface area contributed by atoms with Gasteiger partial charge in [0, 0.05) is 39.3 Å². The molecular weight excluding hydrogens is 254 g/mol. The monoisotopic (exact) mass is 277 g/mol. The van der Waals surface area contributed by atoms with Crippen LogP contribution in [-0.4, -0.2) is 59.6 Å². The van der Waals surface area contributed by atoms with Crippen molar-refractivity contribution in [1.29, 1.82) is 0 Å². The van der Waals surface area contributed by atoms with Crippen molar-refractivity contribution in [2.75, 3.05) is 32.7 Å². The van der Waals surface area contributed by atoms with Crippen LogP contribution in [0.4, 0.5) is 0 Å². The van der Waals surface area contributed by atoms with Crippen molar-refractivity contribution in [3.05, 3.63) is 35.4 Å². The van der Waals surface area contributed by atoms with Crippen LogP contribution in [0.15, 0.2) is 24.3 Å². The van der Waals surface area contributed by atoms with E-state index in [0.717, 1.165) is 32.7 Å². The zero-order valence-corrected chi connectivity index (χ0v) is 12.0. The van der Waals surface area contributed by atoms with Crippen LogP contribution in [-0.2, 0) is 11.3 Å². The van der Waals surface area contributed by atoms with Crippen molar-refractivity contribution < 1.29 is 9.90 Å². The molecule has 1 aliphatic heterocycles. The highest BCUT2D eigenvalue weighted by Crippen LogP contribution is 2.11.